The van der Waals surface area contributed by atoms with Gasteiger partial charge in [0.1, 0.15) is 19.0 Å². The molecule has 9 heteroatoms. The van der Waals surface area contributed by atoms with Crippen LogP contribution in [-0.2, 0) is 16.0 Å². The van der Waals surface area contributed by atoms with Gasteiger partial charge in [0.15, 0.2) is 0 Å². The van der Waals surface area contributed by atoms with E-state index in [-0.39, 0.29) is 12.1 Å². The van der Waals surface area contributed by atoms with Gasteiger partial charge in [0.25, 0.3) is 0 Å². The molecule has 0 radical (unpaired) electrons. The van der Waals surface area contributed by atoms with Gasteiger partial charge in [0, 0.05) is 25.4 Å². The Labute approximate surface area is 181 Å². The highest BCUT2D eigenvalue weighted by atomic mass is 16.6. The van der Waals surface area contributed by atoms with Gasteiger partial charge in [-0.3, -0.25) is 4.99 Å². The molecule has 0 saturated carbocycles. The van der Waals surface area contributed by atoms with E-state index in [1.165, 1.54) is 5.56 Å². The number of cyclic esters (lactones) is 1. The molecule has 164 valence electrons. The minimum absolute atomic E-state index is 0.272. The van der Waals surface area contributed by atoms with Crippen LogP contribution in [0.5, 0.6) is 6.01 Å². The summed E-state index contributed by atoms with van der Waals surface area (Å²) in [7, 11) is 0. The van der Waals surface area contributed by atoms with Crippen molar-refractivity contribution in [2.45, 2.75) is 13.5 Å². The number of carbonyl (C=O) groups excluding carboxylic acids is 1. The number of morpholine rings is 1. The van der Waals surface area contributed by atoms with E-state index in [9.17, 15) is 4.79 Å². The zero-order chi connectivity index (χ0) is 21.5. The topological polar surface area (TPSA) is 89.4 Å². The maximum absolute atomic E-state index is 11.6. The highest BCUT2D eigenvalue weighted by Gasteiger charge is 2.21. The number of benzene rings is 1. The molecule has 31 heavy (non-hydrogen) atoms. The van der Waals surface area contributed by atoms with Crippen molar-refractivity contribution in [1.29, 1.82) is 0 Å². The number of carbonyl (C=O) groups is 1. The third kappa shape index (κ3) is 5.91. The summed E-state index contributed by atoms with van der Waals surface area (Å²) in [4.78, 5) is 28.9. The second-order valence-corrected chi connectivity index (χ2v) is 7.44. The molecule has 0 spiro atoms. The Kier molecular flexibility index (Phi) is 6.93. The van der Waals surface area contributed by atoms with Gasteiger partial charge >= 0.3 is 12.1 Å². The van der Waals surface area contributed by atoms with Gasteiger partial charge in [-0.15, -0.1) is 0 Å². The van der Waals surface area contributed by atoms with Gasteiger partial charge in [-0.05, 0) is 12.5 Å². The van der Waals surface area contributed by atoms with E-state index in [2.05, 4.69) is 45.0 Å². The average molecular weight is 425 g/mol. The van der Waals surface area contributed by atoms with E-state index < -0.39 is 0 Å². The fourth-order valence-electron chi connectivity index (χ4n) is 3.45. The van der Waals surface area contributed by atoms with E-state index in [0.717, 1.165) is 24.5 Å². The zero-order valence-electron chi connectivity index (χ0n) is 17.7. The SMILES string of the molecule is Cc1cccc(CN=Cc2cc(N3CCOCC3)nc(OCCN3CCOC3=O)n2)c1. The molecule has 2 fully saturated rings. The highest BCUT2D eigenvalue weighted by molar-refractivity contribution is 5.78. The number of aromatic nitrogens is 2. The van der Waals surface area contributed by atoms with Crippen LogP contribution in [0, 0.1) is 6.92 Å². The van der Waals surface area contributed by atoms with Gasteiger partial charge in [-0.1, -0.05) is 29.8 Å². The summed E-state index contributed by atoms with van der Waals surface area (Å²) in [5, 5.41) is 0. The number of hydrogen-bond donors (Lipinski definition) is 0. The largest absolute Gasteiger partial charge is 0.462 e. The molecule has 9 nitrogen and oxygen atoms in total. The molecule has 1 amide bonds. The normalized spacial score (nSPS) is 16.7. The maximum atomic E-state index is 11.6. The second kappa shape index (κ2) is 10.2. The lowest BCUT2D eigenvalue weighted by atomic mass is 10.1. The van der Waals surface area contributed by atoms with Crippen LogP contribution in [0.3, 0.4) is 0 Å². The standard InChI is InChI=1S/C22H27N5O4/c1-17-3-2-4-18(13-17)15-23-16-19-14-20(26-5-9-29-10-6-26)25-21(24-19)30-11-7-27-8-12-31-22(27)28/h2-4,13-14,16H,5-12,15H2,1H3. The number of ether oxygens (including phenoxy) is 3. The Bertz CT molecular complexity index is 930. The molecule has 3 heterocycles. The summed E-state index contributed by atoms with van der Waals surface area (Å²) < 4.78 is 16.2. The predicted molar refractivity (Wildman–Crippen MR) is 116 cm³/mol. The van der Waals surface area contributed by atoms with E-state index in [1.807, 2.05) is 12.1 Å². The van der Waals surface area contributed by atoms with Crippen LogP contribution in [0.25, 0.3) is 0 Å². The van der Waals surface area contributed by atoms with Crippen LogP contribution in [0.15, 0.2) is 35.3 Å². The summed E-state index contributed by atoms with van der Waals surface area (Å²) in [6.07, 6.45) is 1.44. The smallest absolute Gasteiger partial charge is 0.410 e. The van der Waals surface area contributed by atoms with Crippen molar-refractivity contribution >= 4 is 18.1 Å². The first-order chi connectivity index (χ1) is 15.2. The van der Waals surface area contributed by atoms with Crippen molar-refractivity contribution in [2.75, 3.05) is 57.5 Å². The molecule has 1 aromatic carbocycles. The van der Waals surface area contributed by atoms with Crippen LogP contribution in [0.4, 0.5) is 10.6 Å². The first kappa shape index (κ1) is 21.0. The van der Waals surface area contributed by atoms with E-state index in [1.54, 1.807) is 11.1 Å². The molecule has 2 saturated heterocycles. The van der Waals surface area contributed by atoms with Crippen LogP contribution < -0.4 is 9.64 Å². The average Bonchev–Trinajstić information content (AvgIpc) is 3.19. The zero-order valence-corrected chi connectivity index (χ0v) is 17.7. The molecule has 0 aliphatic carbocycles. The molecule has 0 unspecified atom stereocenters. The number of nitrogens with zero attached hydrogens (tertiary/aromatic N) is 5. The third-order valence-corrected chi connectivity index (χ3v) is 5.06. The number of rotatable bonds is 8. The molecule has 0 bridgehead atoms. The molecule has 2 aromatic rings. The maximum Gasteiger partial charge on any atom is 0.410 e. The lowest BCUT2D eigenvalue weighted by Gasteiger charge is -2.28. The minimum atomic E-state index is -0.310. The van der Waals surface area contributed by atoms with Gasteiger partial charge in [-0.2, -0.15) is 9.97 Å². The molecular formula is C22H27N5O4. The Morgan fingerprint density at radius 3 is 2.81 bits per heavy atom. The lowest BCUT2D eigenvalue weighted by molar-refractivity contribution is 0.122. The molecule has 2 aliphatic rings. The number of hydrogen-bond acceptors (Lipinski definition) is 8. The molecule has 2 aliphatic heterocycles. The van der Waals surface area contributed by atoms with Gasteiger partial charge in [0.05, 0.1) is 38.5 Å². The van der Waals surface area contributed by atoms with Crippen molar-refractivity contribution in [2.24, 2.45) is 4.99 Å². The number of aliphatic imine (C=N–C) groups is 1. The second-order valence-electron chi connectivity index (χ2n) is 7.44. The summed E-state index contributed by atoms with van der Waals surface area (Å²) in [6, 6.07) is 10.5. The Morgan fingerprint density at radius 1 is 1.16 bits per heavy atom. The van der Waals surface area contributed by atoms with E-state index >= 15 is 0 Å². The Balaban J connectivity index is 1.45. The van der Waals surface area contributed by atoms with Crippen LogP contribution >= 0.6 is 0 Å². The molecular weight excluding hydrogens is 398 g/mol. The van der Waals surface area contributed by atoms with Crippen molar-refractivity contribution < 1.29 is 19.0 Å². The summed E-state index contributed by atoms with van der Waals surface area (Å²) >= 11 is 0. The van der Waals surface area contributed by atoms with Crippen molar-refractivity contribution in [3.05, 3.63) is 47.2 Å². The molecule has 0 N–H and O–H groups in total. The summed E-state index contributed by atoms with van der Waals surface area (Å²) in [5.41, 5.74) is 3.04. The molecule has 0 atom stereocenters. The number of amides is 1. The van der Waals surface area contributed by atoms with Crippen molar-refractivity contribution in [3.63, 3.8) is 0 Å². The van der Waals surface area contributed by atoms with Gasteiger partial charge < -0.3 is 24.0 Å². The minimum Gasteiger partial charge on any atom is -0.462 e. The van der Waals surface area contributed by atoms with Crippen molar-refractivity contribution in [3.8, 4) is 6.01 Å². The fourth-order valence-corrected chi connectivity index (χ4v) is 3.45. The Morgan fingerprint density at radius 2 is 2.03 bits per heavy atom. The number of aryl methyl sites for hydroxylation is 1. The third-order valence-electron chi connectivity index (χ3n) is 5.06. The van der Waals surface area contributed by atoms with Crippen LogP contribution in [0.2, 0.25) is 0 Å². The quantitative estimate of drug-likeness (QED) is 0.598. The first-order valence-electron chi connectivity index (χ1n) is 10.5. The molecule has 4 rings (SSSR count). The van der Waals surface area contributed by atoms with Crippen LogP contribution in [0.1, 0.15) is 16.8 Å². The summed E-state index contributed by atoms with van der Waals surface area (Å²) in [5.74, 6) is 0.783. The first-order valence-corrected chi connectivity index (χ1v) is 10.5. The summed E-state index contributed by atoms with van der Waals surface area (Å²) in [6.45, 7) is 7.21. The fraction of sp³-hybridized carbons (Fsp3) is 0.455. The van der Waals surface area contributed by atoms with E-state index in [4.69, 9.17) is 14.2 Å². The van der Waals surface area contributed by atoms with Crippen molar-refractivity contribution in [1.82, 2.24) is 14.9 Å². The number of anilines is 1. The van der Waals surface area contributed by atoms with Gasteiger partial charge in [-0.25, -0.2) is 4.79 Å². The molecule has 1 aromatic heterocycles. The lowest BCUT2D eigenvalue weighted by Crippen LogP contribution is -2.37. The van der Waals surface area contributed by atoms with Gasteiger partial charge in [0.2, 0.25) is 0 Å². The predicted octanol–water partition coefficient (Wildman–Crippen LogP) is 2.07. The van der Waals surface area contributed by atoms with Crippen LogP contribution in [-0.4, -0.2) is 79.8 Å². The Hall–Kier alpha value is -3.20. The highest BCUT2D eigenvalue weighted by Crippen LogP contribution is 2.17. The van der Waals surface area contributed by atoms with E-state index in [0.29, 0.717) is 51.8 Å². The monoisotopic (exact) mass is 425 g/mol.